The molecular formula is C24H29N9O5. The van der Waals surface area contributed by atoms with Crippen LogP contribution in [0.3, 0.4) is 0 Å². The Balaban J connectivity index is 1.69. The maximum Gasteiger partial charge on any atom is 0.414 e. The van der Waals surface area contributed by atoms with Crippen LogP contribution >= 0.6 is 0 Å². The van der Waals surface area contributed by atoms with Crippen molar-refractivity contribution in [2.75, 3.05) is 30.5 Å². The fourth-order valence-corrected chi connectivity index (χ4v) is 4.07. The highest BCUT2D eigenvalue weighted by Gasteiger charge is 2.26. The van der Waals surface area contributed by atoms with Gasteiger partial charge in [-0.25, -0.2) is 19.0 Å². The van der Waals surface area contributed by atoms with Gasteiger partial charge in [0.15, 0.2) is 17.2 Å². The lowest BCUT2D eigenvalue weighted by Gasteiger charge is -2.25. The minimum atomic E-state index is -0.719. The summed E-state index contributed by atoms with van der Waals surface area (Å²) in [7, 11) is 3.34. The number of hydrogen-bond donors (Lipinski definition) is 3. The number of benzene rings is 1. The van der Waals surface area contributed by atoms with Crippen molar-refractivity contribution in [3.8, 4) is 0 Å². The van der Waals surface area contributed by atoms with E-state index in [0.717, 1.165) is 11.1 Å². The lowest BCUT2D eigenvalue weighted by atomic mass is 10.1. The third kappa shape index (κ3) is 4.82. The molecule has 3 aromatic heterocycles. The zero-order chi connectivity index (χ0) is 27.2. The van der Waals surface area contributed by atoms with E-state index in [1.165, 1.54) is 15.6 Å². The van der Waals surface area contributed by atoms with Gasteiger partial charge in [0, 0.05) is 20.2 Å². The number of anilines is 3. The molecule has 0 unspecified atom stereocenters. The van der Waals surface area contributed by atoms with Gasteiger partial charge in [-0.1, -0.05) is 5.21 Å². The molecule has 2 amide bonds. The number of nitrogens with zero attached hydrogens (tertiary/aromatic N) is 7. The van der Waals surface area contributed by atoms with Crippen molar-refractivity contribution in [3.63, 3.8) is 0 Å². The number of aryl methyl sites for hydroxylation is 1. The Bertz CT molecular complexity index is 1540. The fourth-order valence-electron chi connectivity index (χ4n) is 4.07. The second kappa shape index (κ2) is 9.54. The number of rotatable bonds is 2. The summed E-state index contributed by atoms with van der Waals surface area (Å²) in [5, 5.41) is 28.9. The van der Waals surface area contributed by atoms with Crippen LogP contribution in [0.4, 0.5) is 22.0 Å². The maximum absolute atomic E-state index is 13.2. The van der Waals surface area contributed by atoms with E-state index in [2.05, 4.69) is 31.0 Å². The van der Waals surface area contributed by atoms with Crippen LogP contribution in [0.25, 0.3) is 16.7 Å². The van der Waals surface area contributed by atoms with E-state index in [0.29, 0.717) is 22.7 Å². The van der Waals surface area contributed by atoms with Crippen molar-refractivity contribution in [3.05, 3.63) is 35.7 Å². The van der Waals surface area contributed by atoms with Gasteiger partial charge in [0.05, 0.1) is 49.0 Å². The first-order valence-electron chi connectivity index (χ1n) is 12.0. The average molecular weight is 524 g/mol. The molecule has 1 aliphatic heterocycles. The maximum atomic E-state index is 13.2. The summed E-state index contributed by atoms with van der Waals surface area (Å²) in [6.45, 7) is 5.29. The number of aliphatic hydroxyl groups excluding tert-OH is 1. The van der Waals surface area contributed by atoms with Gasteiger partial charge in [-0.2, -0.15) is 0 Å². The number of ether oxygens (including phenoxy) is 2. The van der Waals surface area contributed by atoms with Crippen molar-refractivity contribution in [2.45, 2.75) is 39.0 Å². The third-order valence-corrected chi connectivity index (χ3v) is 5.89. The van der Waals surface area contributed by atoms with E-state index in [4.69, 9.17) is 9.47 Å². The van der Waals surface area contributed by atoms with Gasteiger partial charge in [0.25, 0.3) is 5.91 Å². The van der Waals surface area contributed by atoms with Gasteiger partial charge in [0.1, 0.15) is 11.1 Å². The van der Waals surface area contributed by atoms with Gasteiger partial charge in [-0.15, -0.1) is 10.2 Å². The van der Waals surface area contributed by atoms with E-state index < -0.39 is 23.6 Å². The highest BCUT2D eigenvalue weighted by Crippen LogP contribution is 2.30. The van der Waals surface area contributed by atoms with Crippen molar-refractivity contribution in [2.24, 2.45) is 7.05 Å². The van der Waals surface area contributed by atoms with Crippen molar-refractivity contribution < 1.29 is 24.2 Å². The first-order chi connectivity index (χ1) is 18.0. The number of imidazole rings is 1. The van der Waals surface area contributed by atoms with E-state index >= 15 is 0 Å². The number of fused-ring (bicyclic) bond motifs is 5. The molecule has 14 heteroatoms. The molecule has 0 aliphatic carbocycles. The van der Waals surface area contributed by atoms with Crippen LogP contribution in [0.5, 0.6) is 0 Å². The first kappa shape index (κ1) is 25.4. The zero-order valence-electron chi connectivity index (χ0n) is 21.7. The standard InChI is InChI=1S/C24H29N9O5/c1-24(2,3)38-23(36)31(4)17-8-19-27-15-6-13(7-16-20(15)28-30-32(16)5)11-37-12-14(10-34)26-22(35)18-9-25-21(17)33(18)29-19/h6-9,14,34H,10-12H2,1-5H3,(H,26,35)(H,27,29)/t14-/m1/s1. The van der Waals surface area contributed by atoms with E-state index in [-0.39, 0.29) is 31.2 Å². The van der Waals surface area contributed by atoms with Crippen molar-refractivity contribution in [1.82, 2.24) is 34.9 Å². The molecule has 0 radical (unpaired) electrons. The molecule has 14 nitrogen and oxygen atoms in total. The predicted molar refractivity (Wildman–Crippen MR) is 137 cm³/mol. The van der Waals surface area contributed by atoms with Crippen LogP contribution < -0.4 is 15.5 Å². The Hall–Kier alpha value is -4.30. The molecular weight excluding hydrogens is 494 g/mol. The molecule has 0 saturated heterocycles. The Labute approximate surface area is 217 Å². The highest BCUT2D eigenvalue weighted by atomic mass is 16.6. The van der Waals surface area contributed by atoms with E-state index in [1.807, 2.05) is 12.1 Å². The van der Waals surface area contributed by atoms with Crippen LogP contribution in [-0.4, -0.2) is 78.6 Å². The molecule has 4 aromatic rings. The average Bonchev–Trinajstić information content (AvgIpc) is 3.45. The molecule has 3 N–H and O–H groups in total. The monoisotopic (exact) mass is 523 g/mol. The molecule has 1 aromatic carbocycles. The number of aliphatic hydroxyl groups is 1. The van der Waals surface area contributed by atoms with Gasteiger partial charge >= 0.3 is 6.09 Å². The number of hydrogen-bond acceptors (Lipinski definition) is 10. The Morgan fingerprint density at radius 1 is 1.32 bits per heavy atom. The minimum Gasteiger partial charge on any atom is -0.443 e. The van der Waals surface area contributed by atoms with Crippen LogP contribution in [-0.2, 0) is 23.1 Å². The Morgan fingerprint density at radius 3 is 2.84 bits per heavy atom. The molecule has 4 bridgehead atoms. The van der Waals surface area contributed by atoms with Gasteiger partial charge in [-0.05, 0) is 38.5 Å². The van der Waals surface area contributed by atoms with Gasteiger partial charge in [0.2, 0.25) is 0 Å². The van der Waals surface area contributed by atoms with Crippen LogP contribution in [0.15, 0.2) is 24.4 Å². The summed E-state index contributed by atoms with van der Waals surface area (Å²) in [4.78, 5) is 31.8. The summed E-state index contributed by atoms with van der Waals surface area (Å²) >= 11 is 0. The Morgan fingerprint density at radius 2 is 2.11 bits per heavy atom. The van der Waals surface area contributed by atoms with Crippen molar-refractivity contribution in [1.29, 1.82) is 0 Å². The summed E-state index contributed by atoms with van der Waals surface area (Å²) in [6, 6.07) is 4.75. The number of amides is 2. The third-order valence-electron chi connectivity index (χ3n) is 5.89. The second-order valence-corrected chi connectivity index (χ2v) is 10.1. The molecule has 200 valence electrons. The van der Waals surface area contributed by atoms with E-state index in [9.17, 15) is 14.7 Å². The normalized spacial score (nSPS) is 16.3. The molecule has 0 saturated carbocycles. The topological polar surface area (TPSA) is 161 Å². The predicted octanol–water partition coefficient (Wildman–Crippen LogP) is 1.75. The number of carbonyl (C=O) groups is 2. The fraction of sp³-hybridized carbons (Fsp3) is 0.417. The highest BCUT2D eigenvalue weighted by molar-refractivity contribution is 5.97. The van der Waals surface area contributed by atoms with Gasteiger partial charge < -0.3 is 25.2 Å². The summed E-state index contributed by atoms with van der Waals surface area (Å²) in [5.74, 6) is -0.196. The zero-order valence-corrected chi connectivity index (χ0v) is 21.7. The minimum absolute atomic E-state index is 0.0781. The summed E-state index contributed by atoms with van der Waals surface area (Å²) < 4.78 is 14.3. The number of aromatic nitrogens is 6. The first-order valence-corrected chi connectivity index (χ1v) is 12.0. The lowest BCUT2D eigenvalue weighted by molar-refractivity contribution is 0.0589. The quantitative estimate of drug-likeness (QED) is 0.353. The molecule has 0 spiro atoms. The molecule has 38 heavy (non-hydrogen) atoms. The Kier molecular flexibility index (Phi) is 6.36. The molecule has 4 heterocycles. The molecule has 1 aliphatic rings. The molecule has 1 atom stereocenters. The number of nitrogens with one attached hydrogen (secondary N) is 2. The van der Waals surface area contributed by atoms with Crippen LogP contribution in [0.2, 0.25) is 0 Å². The lowest BCUT2D eigenvalue weighted by Crippen LogP contribution is -2.41. The molecule has 0 fully saturated rings. The smallest absolute Gasteiger partial charge is 0.414 e. The van der Waals surface area contributed by atoms with Crippen LogP contribution in [0.1, 0.15) is 36.8 Å². The van der Waals surface area contributed by atoms with Crippen LogP contribution in [0, 0.1) is 0 Å². The van der Waals surface area contributed by atoms with Crippen molar-refractivity contribution >= 4 is 45.9 Å². The van der Waals surface area contributed by atoms with E-state index in [1.54, 1.807) is 45.6 Å². The number of carbonyl (C=O) groups excluding carboxylic acids is 2. The second-order valence-electron chi connectivity index (χ2n) is 10.1. The van der Waals surface area contributed by atoms with Gasteiger partial charge in [-0.3, -0.25) is 9.69 Å². The summed E-state index contributed by atoms with van der Waals surface area (Å²) in [5.41, 5.74) is 2.80. The summed E-state index contributed by atoms with van der Waals surface area (Å²) in [6.07, 6.45) is 0.757. The largest absolute Gasteiger partial charge is 0.443 e. The SMILES string of the molecule is CN(C(=O)OC(C)(C)C)c1cc2nn3c(cnc13)C(=O)N[C@H](CO)COCc1cc(c3nnn(C)c3c1)N2. The molecule has 5 rings (SSSR count).